The second-order valence-electron chi connectivity index (χ2n) is 7.22. The summed E-state index contributed by atoms with van der Waals surface area (Å²) >= 11 is 0. The Morgan fingerprint density at radius 2 is 1.72 bits per heavy atom. The molecule has 0 aromatic heterocycles. The minimum absolute atomic E-state index is 0.0526. The molecular formula is C23H24N2O4. The number of carboxylic acid groups (broad SMARTS) is 1. The molecule has 0 saturated heterocycles. The third kappa shape index (κ3) is 5.31. The minimum atomic E-state index is -1.13. The van der Waals surface area contributed by atoms with Gasteiger partial charge in [-0.15, -0.1) is 0 Å². The number of aliphatic carboxylic acids is 1. The summed E-state index contributed by atoms with van der Waals surface area (Å²) in [5.74, 6) is -1.94. The van der Waals surface area contributed by atoms with Crippen LogP contribution in [0.5, 0.6) is 0 Å². The quantitative estimate of drug-likeness (QED) is 0.675. The van der Waals surface area contributed by atoms with E-state index < -0.39 is 24.0 Å². The van der Waals surface area contributed by atoms with Crippen molar-refractivity contribution in [3.8, 4) is 0 Å². The van der Waals surface area contributed by atoms with Gasteiger partial charge < -0.3 is 15.7 Å². The number of hydrogen-bond donors (Lipinski definition) is 3. The SMILES string of the molecule is C[C@H](NC(=O)[C@@H](CC1C=Cc2ccccc2C1)NC(=O)c1ccccc1)C(=O)O. The number of carbonyl (C=O) groups excluding carboxylic acids is 2. The fourth-order valence-corrected chi connectivity index (χ4v) is 3.38. The smallest absolute Gasteiger partial charge is 0.325 e. The Morgan fingerprint density at radius 1 is 1.03 bits per heavy atom. The van der Waals surface area contributed by atoms with E-state index in [4.69, 9.17) is 5.11 Å². The van der Waals surface area contributed by atoms with Crippen molar-refractivity contribution < 1.29 is 19.5 Å². The molecule has 3 atom stereocenters. The molecule has 1 aliphatic carbocycles. The summed E-state index contributed by atoms with van der Waals surface area (Å²) in [4.78, 5) is 36.4. The molecule has 6 nitrogen and oxygen atoms in total. The average Bonchev–Trinajstić information content (AvgIpc) is 2.73. The van der Waals surface area contributed by atoms with E-state index in [0.29, 0.717) is 12.0 Å². The lowest BCUT2D eigenvalue weighted by molar-refractivity contribution is -0.141. The zero-order valence-corrected chi connectivity index (χ0v) is 16.2. The molecule has 0 spiro atoms. The highest BCUT2D eigenvalue weighted by Crippen LogP contribution is 2.25. The summed E-state index contributed by atoms with van der Waals surface area (Å²) in [5.41, 5.74) is 2.78. The number of fused-ring (bicyclic) bond motifs is 1. The van der Waals surface area contributed by atoms with Gasteiger partial charge in [-0.2, -0.15) is 0 Å². The van der Waals surface area contributed by atoms with E-state index in [1.165, 1.54) is 12.5 Å². The number of hydrogen-bond acceptors (Lipinski definition) is 3. The molecular weight excluding hydrogens is 368 g/mol. The van der Waals surface area contributed by atoms with E-state index in [1.54, 1.807) is 30.3 Å². The highest BCUT2D eigenvalue weighted by molar-refractivity contribution is 5.98. The Balaban J connectivity index is 1.74. The van der Waals surface area contributed by atoms with Crippen LogP contribution < -0.4 is 10.6 Å². The van der Waals surface area contributed by atoms with Crippen LogP contribution in [0.1, 0.15) is 34.8 Å². The molecule has 150 valence electrons. The number of amides is 2. The van der Waals surface area contributed by atoms with Gasteiger partial charge in [-0.3, -0.25) is 14.4 Å². The zero-order chi connectivity index (χ0) is 20.8. The highest BCUT2D eigenvalue weighted by Gasteiger charge is 2.28. The van der Waals surface area contributed by atoms with Crippen LogP contribution >= 0.6 is 0 Å². The van der Waals surface area contributed by atoms with Crippen molar-refractivity contribution in [1.82, 2.24) is 10.6 Å². The average molecular weight is 392 g/mol. The van der Waals surface area contributed by atoms with Crippen LogP contribution in [-0.4, -0.2) is 35.0 Å². The molecule has 3 N–H and O–H groups in total. The number of benzene rings is 2. The van der Waals surface area contributed by atoms with E-state index >= 15 is 0 Å². The Labute approximate surface area is 169 Å². The lowest BCUT2D eigenvalue weighted by Gasteiger charge is -2.25. The summed E-state index contributed by atoms with van der Waals surface area (Å²) in [7, 11) is 0. The van der Waals surface area contributed by atoms with Crippen LogP contribution in [0.3, 0.4) is 0 Å². The van der Waals surface area contributed by atoms with Crippen molar-refractivity contribution in [1.29, 1.82) is 0 Å². The van der Waals surface area contributed by atoms with Crippen LogP contribution in [0.25, 0.3) is 6.08 Å². The predicted molar refractivity (Wildman–Crippen MR) is 110 cm³/mol. The third-order valence-corrected chi connectivity index (χ3v) is 5.01. The Morgan fingerprint density at radius 3 is 2.45 bits per heavy atom. The normalized spacial score (nSPS) is 16.9. The summed E-state index contributed by atoms with van der Waals surface area (Å²) in [6.45, 7) is 1.40. The standard InChI is InChI=1S/C23H24N2O4/c1-15(23(28)29)24-22(27)20(25-21(26)18-8-3-2-4-9-18)14-16-11-12-17-7-5-6-10-19(17)13-16/h2-12,15-16,20H,13-14H2,1H3,(H,24,27)(H,25,26)(H,28,29)/t15-,16?,20+/m0/s1. The van der Waals surface area contributed by atoms with E-state index in [-0.39, 0.29) is 11.8 Å². The third-order valence-electron chi connectivity index (χ3n) is 5.01. The molecule has 2 aromatic carbocycles. The van der Waals surface area contributed by atoms with E-state index in [1.807, 2.05) is 30.4 Å². The molecule has 2 amide bonds. The van der Waals surface area contributed by atoms with E-state index in [0.717, 1.165) is 12.0 Å². The lowest BCUT2D eigenvalue weighted by atomic mass is 9.85. The molecule has 29 heavy (non-hydrogen) atoms. The number of nitrogens with one attached hydrogen (secondary N) is 2. The number of carbonyl (C=O) groups is 3. The monoisotopic (exact) mass is 392 g/mol. The fourth-order valence-electron chi connectivity index (χ4n) is 3.38. The van der Waals surface area contributed by atoms with Gasteiger partial charge >= 0.3 is 5.97 Å². The molecule has 1 aliphatic rings. The molecule has 0 fully saturated rings. The molecule has 2 aromatic rings. The lowest BCUT2D eigenvalue weighted by Crippen LogP contribution is -2.51. The summed E-state index contributed by atoms with van der Waals surface area (Å²) in [6.07, 6.45) is 5.20. The molecule has 3 rings (SSSR count). The fraction of sp³-hybridized carbons (Fsp3) is 0.261. The van der Waals surface area contributed by atoms with Crippen LogP contribution in [0, 0.1) is 5.92 Å². The van der Waals surface area contributed by atoms with Crippen LogP contribution in [0.15, 0.2) is 60.7 Å². The minimum Gasteiger partial charge on any atom is -0.480 e. The number of rotatable bonds is 7. The van der Waals surface area contributed by atoms with Crippen molar-refractivity contribution in [2.75, 3.05) is 0 Å². The van der Waals surface area contributed by atoms with E-state index in [9.17, 15) is 14.4 Å². The second-order valence-corrected chi connectivity index (χ2v) is 7.22. The first-order valence-electron chi connectivity index (χ1n) is 9.59. The van der Waals surface area contributed by atoms with Crippen molar-refractivity contribution >= 4 is 23.9 Å². The summed E-state index contributed by atoms with van der Waals surface area (Å²) < 4.78 is 0. The van der Waals surface area contributed by atoms with Crippen LogP contribution in [0.2, 0.25) is 0 Å². The Kier molecular flexibility index (Phi) is 6.44. The molecule has 6 heteroatoms. The topological polar surface area (TPSA) is 95.5 Å². The first-order chi connectivity index (χ1) is 13.9. The van der Waals surface area contributed by atoms with Crippen LogP contribution in [0.4, 0.5) is 0 Å². The number of carboxylic acids is 1. The first kappa shape index (κ1) is 20.3. The maximum absolute atomic E-state index is 12.7. The van der Waals surface area contributed by atoms with Crippen molar-refractivity contribution in [2.45, 2.75) is 31.8 Å². The van der Waals surface area contributed by atoms with Gasteiger partial charge in [0.05, 0.1) is 0 Å². The first-order valence-corrected chi connectivity index (χ1v) is 9.59. The second kappa shape index (κ2) is 9.19. The van der Waals surface area contributed by atoms with Crippen molar-refractivity contribution in [3.05, 3.63) is 77.4 Å². The highest BCUT2D eigenvalue weighted by atomic mass is 16.4. The number of allylic oxidation sites excluding steroid dienone is 1. The van der Waals surface area contributed by atoms with Gasteiger partial charge in [-0.1, -0.05) is 54.6 Å². The maximum Gasteiger partial charge on any atom is 0.325 e. The van der Waals surface area contributed by atoms with Gasteiger partial charge in [0.1, 0.15) is 12.1 Å². The van der Waals surface area contributed by atoms with Crippen molar-refractivity contribution in [3.63, 3.8) is 0 Å². The van der Waals surface area contributed by atoms with Gasteiger partial charge in [0, 0.05) is 5.56 Å². The Bertz CT molecular complexity index is 923. The van der Waals surface area contributed by atoms with Gasteiger partial charge in [-0.05, 0) is 48.9 Å². The van der Waals surface area contributed by atoms with Gasteiger partial charge in [0.15, 0.2) is 0 Å². The van der Waals surface area contributed by atoms with Gasteiger partial charge in [-0.25, -0.2) is 0 Å². The van der Waals surface area contributed by atoms with Gasteiger partial charge in [0.2, 0.25) is 5.91 Å². The molecule has 0 bridgehead atoms. The van der Waals surface area contributed by atoms with Crippen molar-refractivity contribution in [2.24, 2.45) is 5.92 Å². The molecule has 0 aliphatic heterocycles. The molecule has 0 heterocycles. The largest absolute Gasteiger partial charge is 0.480 e. The van der Waals surface area contributed by atoms with E-state index in [2.05, 4.69) is 16.7 Å². The van der Waals surface area contributed by atoms with Crippen LogP contribution in [-0.2, 0) is 16.0 Å². The molecule has 0 saturated carbocycles. The van der Waals surface area contributed by atoms with Gasteiger partial charge in [0.25, 0.3) is 5.91 Å². The maximum atomic E-state index is 12.7. The molecule has 0 radical (unpaired) electrons. The summed E-state index contributed by atoms with van der Waals surface area (Å²) in [6, 6.07) is 14.8. The predicted octanol–water partition coefficient (Wildman–Crippen LogP) is 2.65. The summed E-state index contributed by atoms with van der Waals surface area (Å²) in [5, 5.41) is 14.3. The molecule has 1 unspecified atom stereocenters. The zero-order valence-electron chi connectivity index (χ0n) is 16.2. The Hall–Kier alpha value is -3.41.